The predicted molar refractivity (Wildman–Crippen MR) is 147 cm³/mol. The van der Waals surface area contributed by atoms with Crippen LogP contribution in [0.1, 0.15) is 48.3 Å². The Labute approximate surface area is 233 Å². The molecule has 0 amide bonds. The van der Waals surface area contributed by atoms with Crippen molar-refractivity contribution in [2.24, 2.45) is 11.8 Å². The third kappa shape index (κ3) is 4.23. The number of phenols is 6. The first-order chi connectivity index (χ1) is 19.4. The van der Waals surface area contributed by atoms with Gasteiger partial charge in [0.15, 0.2) is 17.2 Å². The predicted octanol–water partition coefficient (Wildman–Crippen LogP) is 4.76. The number of fused-ring (bicyclic) bond motifs is 3. The molecule has 41 heavy (non-hydrogen) atoms. The number of hydrogen-bond donors (Lipinski definition) is 7. The maximum atomic E-state index is 13.4. The third-order valence-corrected chi connectivity index (χ3v) is 8.00. The highest BCUT2D eigenvalue weighted by molar-refractivity contribution is 5.94. The number of benzene rings is 3. The molecule has 1 unspecified atom stereocenters. The summed E-state index contributed by atoms with van der Waals surface area (Å²) in [5.41, 5.74) is 0.815. The minimum absolute atomic E-state index is 0.109. The molecule has 0 spiro atoms. The van der Waals surface area contributed by atoms with Crippen LogP contribution in [0.4, 0.5) is 0 Å². The van der Waals surface area contributed by atoms with E-state index in [1.54, 1.807) is 6.07 Å². The van der Waals surface area contributed by atoms with Crippen LogP contribution in [0.25, 0.3) is 10.8 Å². The Morgan fingerprint density at radius 1 is 0.634 bits per heavy atom. The molecule has 6 rings (SSSR count). The summed E-state index contributed by atoms with van der Waals surface area (Å²) in [5, 5.41) is 72.8. The van der Waals surface area contributed by atoms with E-state index in [4.69, 9.17) is 9.47 Å². The van der Waals surface area contributed by atoms with Crippen molar-refractivity contribution in [3.8, 4) is 51.7 Å². The van der Waals surface area contributed by atoms with Crippen LogP contribution in [0.15, 0.2) is 47.3 Å². The van der Waals surface area contributed by atoms with Crippen molar-refractivity contribution in [2.45, 2.75) is 38.9 Å². The van der Waals surface area contributed by atoms with Gasteiger partial charge in [-0.3, -0.25) is 4.79 Å². The lowest BCUT2D eigenvalue weighted by atomic mass is 9.85. The molecule has 0 saturated carbocycles. The topological polar surface area (TPSA) is 177 Å². The first-order valence-electron chi connectivity index (χ1n) is 13.1. The van der Waals surface area contributed by atoms with Crippen LogP contribution in [-0.4, -0.2) is 35.7 Å². The van der Waals surface area contributed by atoms with Crippen LogP contribution in [0.3, 0.4) is 0 Å². The highest BCUT2D eigenvalue weighted by atomic mass is 16.5. The van der Waals surface area contributed by atoms with Crippen molar-refractivity contribution >= 4 is 10.8 Å². The first-order valence-corrected chi connectivity index (χ1v) is 13.1. The van der Waals surface area contributed by atoms with E-state index < -0.39 is 34.9 Å². The molecule has 2 heterocycles. The monoisotopic (exact) mass is 560 g/mol. The van der Waals surface area contributed by atoms with Crippen LogP contribution in [-0.2, 0) is 12.8 Å². The molecule has 2 aliphatic rings. The highest BCUT2D eigenvalue weighted by Crippen LogP contribution is 2.49. The van der Waals surface area contributed by atoms with E-state index in [1.807, 2.05) is 13.8 Å². The van der Waals surface area contributed by atoms with Crippen molar-refractivity contribution in [1.29, 1.82) is 0 Å². The van der Waals surface area contributed by atoms with Gasteiger partial charge in [0, 0.05) is 52.8 Å². The van der Waals surface area contributed by atoms with E-state index in [0.29, 0.717) is 35.1 Å². The van der Waals surface area contributed by atoms with E-state index in [1.165, 1.54) is 36.4 Å². The number of aromatic hydroxyl groups is 7. The minimum Gasteiger partial charge on any atom is -0.508 e. The number of hydrogen-bond acceptors (Lipinski definition) is 10. The second-order valence-electron chi connectivity index (χ2n) is 10.9. The quantitative estimate of drug-likeness (QED) is 0.169. The first kappa shape index (κ1) is 26.2. The van der Waals surface area contributed by atoms with Crippen LogP contribution in [0.2, 0.25) is 0 Å². The summed E-state index contributed by atoms with van der Waals surface area (Å²) in [6.45, 7) is 3.73. The zero-order chi connectivity index (χ0) is 29.3. The molecule has 7 N–H and O–H groups in total. The van der Waals surface area contributed by atoms with Gasteiger partial charge in [-0.25, -0.2) is 0 Å². The summed E-state index contributed by atoms with van der Waals surface area (Å²) in [6.07, 6.45) is -0.788. The second-order valence-corrected chi connectivity index (χ2v) is 10.9. The van der Waals surface area contributed by atoms with Gasteiger partial charge in [-0.05, 0) is 42.0 Å². The molecule has 0 fully saturated rings. The van der Waals surface area contributed by atoms with Crippen molar-refractivity contribution in [3.63, 3.8) is 0 Å². The molecule has 10 heteroatoms. The molecule has 0 saturated heterocycles. The summed E-state index contributed by atoms with van der Waals surface area (Å²) in [5.74, 6) is -2.63. The average molecular weight is 561 g/mol. The normalized spacial score (nSPS) is 21.4. The summed E-state index contributed by atoms with van der Waals surface area (Å²) in [4.78, 5) is 13.4. The lowest BCUT2D eigenvalue weighted by Crippen LogP contribution is -2.24. The van der Waals surface area contributed by atoms with Crippen LogP contribution in [0.5, 0.6) is 51.7 Å². The maximum Gasteiger partial charge on any atom is 0.231 e. The lowest BCUT2D eigenvalue weighted by molar-refractivity contribution is 0.120. The van der Waals surface area contributed by atoms with Gasteiger partial charge in [-0.1, -0.05) is 13.8 Å². The molecule has 0 aliphatic carbocycles. The SMILES string of the molecule is C[C@@H]1Cc2c(O)cc(O)cc2OC1c1cc(O)c(=O)c2c(O)c(O)cc([C@H]3Oc4cc(O)cc(O)c4C[C@H]3C)c2c1. The fourth-order valence-electron chi connectivity index (χ4n) is 6.02. The van der Waals surface area contributed by atoms with E-state index >= 15 is 0 Å². The molecular formula is C31H28O10. The summed E-state index contributed by atoms with van der Waals surface area (Å²) < 4.78 is 12.4. The van der Waals surface area contributed by atoms with Gasteiger partial charge < -0.3 is 45.2 Å². The van der Waals surface area contributed by atoms with Crippen molar-refractivity contribution in [1.82, 2.24) is 0 Å². The molecule has 4 aromatic carbocycles. The van der Waals surface area contributed by atoms with Crippen molar-refractivity contribution in [2.75, 3.05) is 0 Å². The summed E-state index contributed by atoms with van der Waals surface area (Å²) in [7, 11) is 0. The molecule has 4 aromatic rings. The van der Waals surface area contributed by atoms with Crippen LogP contribution >= 0.6 is 0 Å². The molecule has 0 radical (unpaired) electrons. The summed E-state index contributed by atoms with van der Waals surface area (Å²) in [6, 6.07) is 9.32. The van der Waals surface area contributed by atoms with Crippen LogP contribution < -0.4 is 14.9 Å². The van der Waals surface area contributed by atoms with E-state index in [-0.39, 0.29) is 57.1 Å². The van der Waals surface area contributed by atoms with Gasteiger partial charge in [0.2, 0.25) is 5.43 Å². The average Bonchev–Trinajstić information content (AvgIpc) is 3.03. The zero-order valence-electron chi connectivity index (χ0n) is 22.1. The molecule has 212 valence electrons. The Morgan fingerprint density at radius 3 is 1.76 bits per heavy atom. The lowest BCUT2D eigenvalue weighted by Gasteiger charge is -2.33. The van der Waals surface area contributed by atoms with Gasteiger partial charge in [0.1, 0.15) is 46.7 Å². The van der Waals surface area contributed by atoms with E-state index in [0.717, 1.165) is 0 Å². The smallest absolute Gasteiger partial charge is 0.231 e. The van der Waals surface area contributed by atoms with E-state index in [2.05, 4.69) is 0 Å². The largest absolute Gasteiger partial charge is 0.508 e. The fourth-order valence-corrected chi connectivity index (χ4v) is 6.02. The Kier molecular flexibility index (Phi) is 5.95. The summed E-state index contributed by atoms with van der Waals surface area (Å²) >= 11 is 0. The Bertz CT molecular complexity index is 1800. The van der Waals surface area contributed by atoms with Gasteiger partial charge in [-0.15, -0.1) is 0 Å². The molecule has 0 bridgehead atoms. The number of ether oxygens (including phenoxy) is 2. The Morgan fingerprint density at radius 2 is 1.17 bits per heavy atom. The van der Waals surface area contributed by atoms with E-state index in [9.17, 15) is 40.5 Å². The molecule has 10 nitrogen and oxygen atoms in total. The molecule has 0 aromatic heterocycles. The molecular weight excluding hydrogens is 532 g/mol. The zero-order valence-corrected chi connectivity index (χ0v) is 22.1. The minimum atomic E-state index is -0.917. The van der Waals surface area contributed by atoms with Crippen molar-refractivity contribution < 1.29 is 45.2 Å². The van der Waals surface area contributed by atoms with Crippen LogP contribution in [0, 0.1) is 11.8 Å². The molecule has 4 atom stereocenters. The fraction of sp³-hybridized carbons (Fsp3) is 0.258. The number of phenolic OH excluding ortho intramolecular Hbond substituents is 6. The van der Waals surface area contributed by atoms with Crippen molar-refractivity contribution in [3.05, 3.63) is 74.9 Å². The second kappa shape index (κ2) is 9.29. The van der Waals surface area contributed by atoms with Gasteiger partial charge in [0.25, 0.3) is 0 Å². The van der Waals surface area contributed by atoms with Gasteiger partial charge in [0.05, 0.1) is 5.39 Å². The molecule has 2 aliphatic heterocycles. The number of rotatable bonds is 2. The Balaban J connectivity index is 1.56. The standard InChI is InChI=1S/C31H28O10/c1-12-3-19-21(34)7-15(32)9-25(19)40-30(12)14-5-17-18(11-24(37)29(39)27(17)28(38)23(36)6-14)31-13(2)4-20-22(35)8-16(33)10-26(20)41-31/h5-13,30-35,37,39H,3-4H2,1-2H3,(H,36,38)/t12-,13-,30?,31+/m1/s1. The third-order valence-electron chi connectivity index (χ3n) is 8.00. The highest BCUT2D eigenvalue weighted by Gasteiger charge is 2.35. The van der Waals surface area contributed by atoms with Gasteiger partial charge >= 0.3 is 0 Å². The van der Waals surface area contributed by atoms with Gasteiger partial charge in [-0.2, -0.15) is 0 Å². The Hall–Kier alpha value is -4.99. The maximum absolute atomic E-state index is 13.4.